The van der Waals surface area contributed by atoms with Gasteiger partial charge in [0.25, 0.3) is 0 Å². The van der Waals surface area contributed by atoms with Crippen LogP contribution in [0.15, 0.2) is 30.5 Å². The van der Waals surface area contributed by atoms with Crippen LogP contribution in [-0.2, 0) is 11.2 Å². The summed E-state index contributed by atoms with van der Waals surface area (Å²) in [5, 5.41) is 12.2. The summed E-state index contributed by atoms with van der Waals surface area (Å²) in [5.41, 5.74) is 0.310. The lowest BCUT2D eigenvalue weighted by Crippen LogP contribution is -2.48. The van der Waals surface area contributed by atoms with E-state index in [2.05, 4.69) is 24.7 Å². The number of halogens is 3. The molecule has 2 unspecified atom stereocenters. The van der Waals surface area contributed by atoms with E-state index >= 15 is 8.78 Å². The molecule has 9 nitrogen and oxygen atoms in total. The third-order valence-corrected chi connectivity index (χ3v) is 11.6. The monoisotopic (exact) mass is 660 g/mol. The van der Waals surface area contributed by atoms with Crippen molar-refractivity contribution in [2.45, 2.75) is 50.4 Å². The molecule has 7 heterocycles. The first-order chi connectivity index (χ1) is 23.3. The number of benzene rings is 2. The molecule has 0 aliphatic carbocycles. The molecular weight excluding hydrogens is 621 g/mol. The third kappa shape index (κ3) is 4.81. The average Bonchev–Trinajstić information content (AvgIpc) is 3.78. The largest absolute Gasteiger partial charge is 0.508 e. The van der Waals surface area contributed by atoms with Gasteiger partial charge in [-0.15, -0.1) is 0 Å². The molecule has 4 atom stereocenters. The Bertz CT molecular complexity index is 1910. The molecule has 0 amide bonds. The summed E-state index contributed by atoms with van der Waals surface area (Å²) in [7, 11) is 0. The molecule has 252 valence electrons. The molecule has 1 N–H and O–H groups in total. The number of aromatic nitrogens is 3. The number of fused-ring (bicyclic) bond motifs is 4. The number of nitrogens with zero attached hydrogens (tertiary/aromatic N) is 6. The summed E-state index contributed by atoms with van der Waals surface area (Å²) in [4.78, 5) is 21.0. The molecule has 9 rings (SSSR count). The number of phenolic OH excluding ortho intramolecular Hbond substituents is 1. The number of ether oxygens (including phenoxy) is 2. The minimum atomic E-state index is -0.905. The van der Waals surface area contributed by atoms with Gasteiger partial charge in [0.05, 0.1) is 30.2 Å². The maximum Gasteiger partial charge on any atom is 0.319 e. The summed E-state index contributed by atoms with van der Waals surface area (Å²) < 4.78 is 58.2. The molecule has 5 aliphatic heterocycles. The number of anilines is 1. The molecule has 0 spiro atoms. The number of alkyl halides is 1. The van der Waals surface area contributed by atoms with Crippen molar-refractivity contribution in [2.75, 3.05) is 64.0 Å². The average molecular weight is 661 g/mol. The predicted molar refractivity (Wildman–Crippen MR) is 175 cm³/mol. The normalized spacial score (nSPS) is 27.7. The minimum Gasteiger partial charge on any atom is -0.508 e. The maximum absolute atomic E-state index is 16.9. The zero-order chi connectivity index (χ0) is 32.7. The summed E-state index contributed by atoms with van der Waals surface area (Å²) in [6, 6.07) is 6.46. The summed E-state index contributed by atoms with van der Waals surface area (Å²) in [5.74, 6) is 0.295. The van der Waals surface area contributed by atoms with Crippen LogP contribution in [0.25, 0.3) is 32.9 Å². The molecule has 5 fully saturated rings. The van der Waals surface area contributed by atoms with E-state index in [1.165, 1.54) is 12.1 Å². The molecule has 0 saturated carbocycles. The van der Waals surface area contributed by atoms with Crippen LogP contribution in [0.1, 0.15) is 31.7 Å². The second-order valence-corrected chi connectivity index (χ2v) is 14.4. The van der Waals surface area contributed by atoms with Gasteiger partial charge in [-0.3, -0.25) is 14.8 Å². The fraction of sp³-hybridized carbons (Fsp3) is 0.528. The fourth-order valence-electron chi connectivity index (χ4n) is 9.13. The van der Waals surface area contributed by atoms with Gasteiger partial charge in [0, 0.05) is 50.9 Å². The van der Waals surface area contributed by atoms with E-state index in [0.29, 0.717) is 70.4 Å². The van der Waals surface area contributed by atoms with Gasteiger partial charge in [-0.25, -0.2) is 13.2 Å². The van der Waals surface area contributed by atoms with Crippen LogP contribution in [0.5, 0.6) is 11.8 Å². The Morgan fingerprint density at radius 3 is 2.62 bits per heavy atom. The van der Waals surface area contributed by atoms with Gasteiger partial charge in [-0.05, 0) is 72.2 Å². The van der Waals surface area contributed by atoms with E-state index < -0.39 is 23.3 Å². The van der Waals surface area contributed by atoms with Crippen molar-refractivity contribution in [3.05, 3.63) is 47.7 Å². The quantitative estimate of drug-likeness (QED) is 0.291. The van der Waals surface area contributed by atoms with Crippen molar-refractivity contribution < 1.29 is 27.8 Å². The van der Waals surface area contributed by atoms with Crippen molar-refractivity contribution in [3.63, 3.8) is 0 Å². The smallest absolute Gasteiger partial charge is 0.319 e. The Morgan fingerprint density at radius 2 is 1.88 bits per heavy atom. The van der Waals surface area contributed by atoms with E-state index in [1.807, 2.05) is 6.92 Å². The number of hydrogen-bond donors (Lipinski definition) is 1. The highest BCUT2D eigenvalue weighted by Crippen LogP contribution is 2.43. The Balaban J connectivity index is 1.13. The van der Waals surface area contributed by atoms with Crippen molar-refractivity contribution in [3.8, 4) is 23.0 Å². The van der Waals surface area contributed by atoms with Crippen LogP contribution in [0.2, 0.25) is 0 Å². The number of pyridine rings is 1. The summed E-state index contributed by atoms with van der Waals surface area (Å²) >= 11 is 0. The first-order valence-corrected chi connectivity index (χ1v) is 17.2. The Kier molecular flexibility index (Phi) is 7.21. The number of rotatable bonds is 7. The number of hydrogen-bond acceptors (Lipinski definition) is 9. The van der Waals surface area contributed by atoms with Crippen LogP contribution >= 0.6 is 0 Å². The van der Waals surface area contributed by atoms with E-state index in [4.69, 9.17) is 14.5 Å². The van der Waals surface area contributed by atoms with Crippen LogP contribution in [0.3, 0.4) is 0 Å². The molecule has 12 heteroatoms. The number of likely N-dealkylation sites (tertiary alicyclic amines) is 1. The fourth-order valence-corrected chi connectivity index (χ4v) is 9.13. The Morgan fingerprint density at radius 1 is 1.06 bits per heavy atom. The molecular formula is C36H39F3N6O3. The van der Waals surface area contributed by atoms with Crippen molar-refractivity contribution >= 4 is 27.5 Å². The first kappa shape index (κ1) is 30.3. The first-order valence-electron chi connectivity index (χ1n) is 17.2. The second-order valence-electron chi connectivity index (χ2n) is 14.4. The van der Waals surface area contributed by atoms with Crippen LogP contribution < -0.4 is 9.64 Å². The second kappa shape index (κ2) is 11.4. The van der Waals surface area contributed by atoms with E-state index in [9.17, 15) is 9.50 Å². The van der Waals surface area contributed by atoms with Gasteiger partial charge >= 0.3 is 6.01 Å². The summed E-state index contributed by atoms with van der Waals surface area (Å²) in [6.45, 7) is 8.37. The molecule has 48 heavy (non-hydrogen) atoms. The van der Waals surface area contributed by atoms with Crippen LogP contribution in [0.4, 0.5) is 19.0 Å². The van der Waals surface area contributed by atoms with E-state index in [1.54, 1.807) is 18.3 Å². The highest BCUT2D eigenvalue weighted by Gasteiger charge is 2.49. The molecule has 5 saturated heterocycles. The van der Waals surface area contributed by atoms with Crippen LogP contribution in [0, 0.1) is 23.5 Å². The molecule has 0 bridgehead atoms. The zero-order valence-electron chi connectivity index (χ0n) is 27.0. The Labute approximate surface area is 276 Å². The standard InChI is InChI=1S/C36H39F3N6O3/c1-2-26-29(38)5-4-20-8-25(46)9-27(30(20)26)32-31(39)33-28(11-40-32)34(44-14-21-12-43(13-22(21)15-44)24-17-47-18-24)42-35(41-33)48-19-36-6-3-7-45(36)16-23(37)10-36/h4-5,8-9,11,21-24,46H,2-3,6-7,10,12-19H2,1H3/t21?,22?,23-,36+/m1/s1. The predicted octanol–water partition coefficient (Wildman–Crippen LogP) is 5.11. The number of aromatic hydroxyl groups is 1. The Hall–Kier alpha value is -3.74. The molecule has 4 aromatic rings. The van der Waals surface area contributed by atoms with Gasteiger partial charge in [0.1, 0.15) is 41.4 Å². The number of aryl methyl sites for hydroxylation is 1. The van der Waals surface area contributed by atoms with Crippen molar-refractivity contribution in [1.82, 2.24) is 24.8 Å². The molecule has 5 aliphatic rings. The number of phenols is 1. The lowest BCUT2D eigenvalue weighted by atomic mass is 9.94. The van der Waals surface area contributed by atoms with Crippen molar-refractivity contribution in [1.29, 1.82) is 0 Å². The van der Waals surface area contributed by atoms with Gasteiger partial charge < -0.3 is 19.5 Å². The van der Waals surface area contributed by atoms with E-state index in [0.717, 1.165) is 58.8 Å². The maximum atomic E-state index is 16.9. The summed E-state index contributed by atoms with van der Waals surface area (Å²) in [6.07, 6.45) is 3.26. The molecule has 2 aromatic carbocycles. The van der Waals surface area contributed by atoms with Crippen molar-refractivity contribution in [2.24, 2.45) is 11.8 Å². The van der Waals surface area contributed by atoms with Gasteiger partial charge in [0.15, 0.2) is 5.82 Å². The lowest BCUT2D eigenvalue weighted by Gasteiger charge is -2.35. The third-order valence-electron chi connectivity index (χ3n) is 11.6. The van der Waals surface area contributed by atoms with E-state index in [-0.39, 0.29) is 29.6 Å². The van der Waals surface area contributed by atoms with Crippen LogP contribution in [-0.4, -0.2) is 107 Å². The molecule has 0 radical (unpaired) electrons. The SMILES string of the molecule is CCc1c(F)ccc2cc(O)cc(-c3ncc4c(N5CC6CN(C7COC7)CC6C5)nc(OC[C@@]56CCCN5C[C@H](F)C6)nc4c3F)c12. The lowest BCUT2D eigenvalue weighted by molar-refractivity contribution is -0.0590. The highest BCUT2D eigenvalue weighted by molar-refractivity contribution is 6.01. The molecule has 2 aromatic heterocycles. The van der Waals surface area contributed by atoms with Gasteiger partial charge in [-0.1, -0.05) is 13.0 Å². The topological polar surface area (TPSA) is 87.1 Å². The van der Waals surface area contributed by atoms with Gasteiger partial charge in [-0.2, -0.15) is 9.97 Å². The minimum absolute atomic E-state index is 0.0347. The zero-order valence-corrected chi connectivity index (χ0v) is 27.0. The highest BCUT2D eigenvalue weighted by atomic mass is 19.1. The van der Waals surface area contributed by atoms with Gasteiger partial charge in [0.2, 0.25) is 0 Å².